The zero-order chi connectivity index (χ0) is 9.84. The zero-order valence-electron chi connectivity index (χ0n) is 8.46. The lowest BCUT2D eigenvalue weighted by atomic mass is 10.1. The molecule has 2 N–H and O–H groups in total. The molecule has 2 heterocycles. The maximum absolute atomic E-state index is 5.74. The van der Waals surface area contributed by atoms with Gasteiger partial charge < -0.3 is 10.5 Å². The highest BCUT2D eigenvalue weighted by Crippen LogP contribution is 2.33. The summed E-state index contributed by atoms with van der Waals surface area (Å²) in [5.41, 5.74) is 6.99. The molecule has 3 heteroatoms. The standard InChI is InChI=1S/C8H11NOS.C2H6/c1-5-4-11-7-2-6(9)3-10-8(5)7;1-2/h4,6H,2-3,9H2,1H3;1-2H3. The van der Waals surface area contributed by atoms with E-state index in [0.29, 0.717) is 6.61 Å². The molecule has 0 aromatic carbocycles. The summed E-state index contributed by atoms with van der Waals surface area (Å²) in [6, 6.07) is 0.195. The minimum atomic E-state index is 0.195. The van der Waals surface area contributed by atoms with Gasteiger partial charge in [0.25, 0.3) is 0 Å². The number of hydrogen-bond donors (Lipinski definition) is 1. The van der Waals surface area contributed by atoms with E-state index in [1.54, 1.807) is 11.3 Å². The fraction of sp³-hybridized carbons (Fsp3) is 0.600. The Balaban J connectivity index is 0.000000396. The molecule has 0 fully saturated rings. The first-order valence-electron chi connectivity index (χ1n) is 4.72. The Kier molecular flexibility index (Phi) is 3.75. The van der Waals surface area contributed by atoms with Crippen molar-refractivity contribution in [1.29, 1.82) is 0 Å². The van der Waals surface area contributed by atoms with E-state index < -0.39 is 0 Å². The molecule has 1 atom stereocenters. The molecule has 1 unspecified atom stereocenters. The number of hydrogen-bond acceptors (Lipinski definition) is 3. The van der Waals surface area contributed by atoms with Gasteiger partial charge in [0, 0.05) is 22.9 Å². The molecule has 0 radical (unpaired) electrons. The molecule has 0 amide bonds. The van der Waals surface area contributed by atoms with E-state index >= 15 is 0 Å². The third kappa shape index (κ3) is 2.23. The molecule has 0 aliphatic carbocycles. The summed E-state index contributed by atoms with van der Waals surface area (Å²) >= 11 is 1.75. The Hall–Kier alpha value is -0.540. The molecule has 1 aromatic heterocycles. The Morgan fingerprint density at radius 3 is 2.92 bits per heavy atom. The number of rotatable bonds is 0. The molecule has 0 saturated heterocycles. The molecule has 1 aliphatic rings. The maximum Gasteiger partial charge on any atom is 0.136 e. The normalized spacial score (nSPS) is 19.5. The number of nitrogens with two attached hydrogens (primary N) is 1. The van der Waals surface area contributed by atoms with Gasteiger partial charge in [-0.05, 0) is 12.3 Å². The van der Waals surface area contributed by atoms with Gasteiger partial charge in [-0.2, -0.15) is 0 Å². The highest BCUT2D eigenvalue weighted by molar-refractivity contribution is 7.10. The summed E-state index contributed by atoms with van der Waals surface area (Å²) < 4.78 is 5.49. The van der Waals surface area contributed by atoms with Gasteiger partial charge in [-0.25, -0.2) is 0 Å². The average molecular weight is 199 g/mol. The van der Waals surface area contributed by atoms with Crippen LogP contribution in [-0.4, -0.2) is 12.6 Å². The maximum atomic E-state index is 5.74. The van der Waals surface area contributed by atoms with Crippen LogP contribution in [-0.2, 0) is 6.42 Å². The van der Waals surface area contributed by atoms with Crippen LogP contribution in [0.1, 0.15) is 24.3 Å². The third-order valence-electron chi connectivity index (χ3n) is 1.88. The first kappa shape index (κ1) is 10.5. The molecule has 13 heavy (non-hydrogen) atoms. The van der Waals surface area contributed by atoms with Crippen LogP contribution in [0.4, 0.5) is 0 Å². The van der Waals surface area contributed by atoms with E-state index in [9.17, 15) is 0 Å². The number of ether oxygens (including phenoxy) is 1. The fourth-order valence-corrected chi connectivity index (χ4v) is 2.37. The fourth-order valence-electron chi connectivity index (χ4n) is 1.31. The second-order valence-corrected chi connectivity index (χ2v) is 3.91. The van der Waals surface area contributed by atoms with Crippen molar-refractivity contribution in [3.8, 4) is 5.75 Å². The van der Waals surface area contributed by atoms with E-state index in [-0.39, 0.29) is 6.04 Å². The zero-order valence-corrected chi connectivity index (χ0v) is 9.28. The van der Waals surface area contributed by atoms with Gasteiger partial charge in [0.05, 0.1) is 0 Å². The molecule has 0 saturated carbocycles. The first-order chi connectivity index (χ1) is 6.27. The quantitative estimate of drug-likeness (QED) is 0.696. The highest BCUT2D eigenvalue weighted by Gasteiger charge is 2.19. The summed E-state index contributed by atoms with van der Waals surface area (Å²) in [5.74, 6) is 1.08. The molecule has 0 bridgehead atoms. The molecule has 74 valence electrons. The summed E-state index contributed by atoms with van der Waals surface area (Å²) in [5, 5.41) is 2.13. The van der Waals surface area contributed by atoms with Gasteiger partial charge in [0.2, 0.25) is 0 Å². The first-order valence-corrected chi connectivity index (χ1v) is 5.60. The molecular formula is C10H17NOS. The summed E-state index contributed by atoms with van der Waals surface area (Å²) in [6.45, 7) is 6.75. The molecule has 2 rings (SSSR count). The number of fused-ring (bicyclic) bond motifs is 1. The summed E-state index contributed by atoms with van der Waals surface area (Å²) in [4.78, 5) is 1.31. The van der Waals surface area contributed by atoms with Gasteiger partial charge in [-0.15, -0.1) is 11.3 Å². The lowest BCUT2D eigenvalue weighted by Gasteiger charge is -2.19. The highest BCUT2D eigenvalue weighted by atomic mass is 32.1. The van der Waals surface area contributed by atoms with Crippen LogP contribution in [0.15, 0.2) is 5.38 Å². The molecule has 2 nitrogen and oxygen atoms in total. The second-order valence-electron chi connectivity index (χ2n) is 2.95. The largest absolute Gasteiger partial charge is 0.491 e. The van der Waals surface area contributed by atoms with Crippen molar-refractivity contribution >= 4 is 11.3 Å². The topological polar surface area (TPSA) is 35.2 Å². The van der Waals surface area contributed by atoms with Crippen molar-refractivity contribution in [3.63, 3.8) is 0 Å². The van der Waals surface area contributed by atoms with Crippen molar-refractivity contribution in [2.45, 2.75) is 33.2 Å². The van der Waals surface area contributed by atoms with Gasteiger partial charge in [0.1, 0.15) is 12.4 Å². The predicted octanol–water partition coefficient (Wildman–Crippen LogP) is 2.34. The Morgan fingerprint density at radius 2 is 2.23 bits per heavy atom. The van der Waals surface area contributed by atoms with Gasteiger partial charge in [-0.3, -0.25) is 0 Å². The number of thiophene rings is 1. The summed E-state index contributed by atoms with van der Waals surface area (Å²) in [7, 11) is 0. The SMILES string of the molecule is CC.Cc1csc2c1OCC(N)C2. The molecule has 0 spiro atoms. The van der Waals surface area contributed by atoms with Crippen LogP contribution >= 0.6 is 11.3 Å². The van der Waals surface area contributed by atoms with Crippen LogP contribution in [0, 0.1) is 6.92 Å². The minimum Gasteiger partial charge on any atom is -0.491 e. The average Bonchev–Trinajstić information content (AvgIpc) is 2.51. The van der Waals surface area contributed by atoms with Crippen molar-refractivity contribution in [2.75, 3.05) is 6.61 Å². The Labute approximate surface area is 83.7 Å². The second kappa shape index (κ2) is 4.63. The van der Waals surface area contributed by atoms with E-state index in [1.165, 1.54) is 10.4 Å². The van der Waals surface area contributed by atoms with Crippen LogP contribution in [0.2, 0.25) is 0 Å². The molecule has 1 aromatic rings. The Morgan fingerprint density at radius 1 is 1.54 bits per heavy atom. The monoisotopic (exact) mass is 199 g/mol. The Bertz CT molecular complexity index is 270. The van der Waals surface area contributed by atoms with E-state index in [2.05, 4.69) is 12.3 Å². The van der Waals surface area contributed by atoms with Crippen LogP contribution in [0.5, 0.6) is 5.75 Å². The molecule has 1 aliphatic heterocycles. The molecular weight excluding hydrogens is 182 g/mol. The lowest BCUT2D eigenvalue weighted by molar-refractivity contribution is 0.265. The van der Waals surface area contributed by atoms with E-state index in [4.69, 9.17) is 10.5 Å². The van der Waals surface area contributed by atoms with Crippen molar-refractivity contribution in [3.05, 3.63) is 15.8 Å². The van der Waals surface area contributed by atoms with Crippen LogP contribution < -0.4 is 10.5 Å². The van der Waals surface area contributed by atoms with Gasteiger partial charge in [-0.1, -0.05) is 13.8 Å². The lowest BCUT2D eigenvalue weighted by Crippen LogP contribution is -2.33. The van der Waals surface area contributed by atoms with Crippen molar-refractivity contribution in [2.24, 2.45) is 5.73 Å². The van der Waals surface area contributed by atoms with Gasteiger partial charge >= 0.3 is 0 Å². The van der Waals surface area contributed by atoms with Crippen molar-refractivity contribution in [1.82, 2.24) is 0 Å². The number of aryl methyl sites for hydroxylation is 1. The smallest absolute Gasteiger partial charge is 0.136 e. The van der Waals surface area contributed by atoms with Gasteiger partial charge in [0.15, 0.2) is 0 Å². The van der Waals surface area contributed by atoms with E-state index in [0.717, 1.165) is 12.2 Å². The predicted molar refractivity (Wildman–Crippen MR) is 57.6 cm³/mol. The third-order valence-corrected chi connectivity index (χ3v) is 2.99. The van der Waals surface area contributed by atoms with Crippen LogP contribution in [0.3, 0.4) is 0 Å². The van der Waals surface area contributed by atoms with Crippen LogP contribution in [0.25, 0.3) is 0 Å². The summed E-state index contributed by atoms with van der Waals surface area (Å²) in [6.07, 6.45) is 0.980. The van der Waals surface area contributed by atoms with Crippen molar-refractivity contribution < 1.29 is 4.74 Å². The van der Waals surface area contributed by atoms with E-state index in [1.807, 2.05) is 13.8 Å². The minimum absolute atomic E-state index is 0.195.